The first-order chi connectivity index (χ1) is 6.74. The SMILES string of the molecule is Cc1cc(CC2CCCC(=O)C2)on1. The number of rotatable bonds is 2. The van der Waals surface area contributed by atoms with Crippen LogP contribution >= 0.6 is 0 Å². The lowest BCUT2D eigenvalue weighted by Crippen LogP contribution is -2.16. The standard InChI is InChI=1S/C11H15NO2/c1-8-5-11(14-12-8)7-9-3-2-4-10(13)6-9/h5,9H,2-4,6-7H2,1H3. The van der Waals surface area contributed by atoms with Crippen molar-refractivity contribution in [3.63, 3.8) is 0 Å². The molecule has 0 amide bonds. The summed E-state index contributed by atoms with van der Waals surface area (Å²) in [5, 5.41) is 3.84. The third kappa shape index (κ3) is 2.22. The van der Waals surface area contributed by atoms with Gasteiger partial charge in [-0.25, -0.2) is 0 Å². The number of hydrogen-bond donors (Lipinski definition) is 0. The Labute approximate surface area is 83.5 Å². The van der Waals surface area contributed by atoms with Gasteiger partial charge in [-0.3, -0.25) is 4.79 Å². The van der Waals surface area contributed by atoms with E-state index < -0.39 is 0 Å². The number of aromatic nitrogens is 1. The van der Waals surface area contributed by atoms with Crippen LogP contribution in [-0.4, -0.2) is 10.9 Å². The summed E-state index contributed by atoms with van der Waals surface area (Å²) in [4.78, 5) is 11.2. The second-order valence-corrected chi connectivity index (χ2v) is 4.14. The van der Waals surface area contributed by atoms with E-state index in [0.29, 0.717) is 11.7 Å². The van der Waals surface area contributed by atoms with Crippen LogP contribution in [-0.2, 0) is 11.2 Å². The Morgan fingerprint density at radius 2 is 2.50 bits per heavy atom. The van der Waals surface area contributed by atoms with Crippen LogP contribution in [0.2, 0.25) is 0 Å². The topological polar surface area (TPSA) is 43.1 Å². The minimum atomic E-state index is 0.400. The molecule has 1 aliphatic rings. The van der Waals surface area contributed by atoms with Gasteiger partial charge in [0.1, 0.15) is 11.5 Å². The number of aryl methyl sites for hydroxylation is 1. The van der Waals surface area contributed by atoms with Crippen molar-refractivity contribution in [2.75, 3.05) is 0 Å². The molecule has 1 fully saturated rings. The van der Waals surface area contributed by atoms with Gasteiger partial charge in [-0.1, -0.05) is 5.16 Å². The van der Waals surface area contributed by atoms with Gasteiger partial charge in [0.05, 0.1) is 5.69 Å². The van der Waals surface area contributed by atoms with Gasteiger partial charge in [0.2, 0.25) is 0 Å². The number of nitrogens with zero attached hydrogens (tertiary/aromatic N) is 1. The number of carbonyl (C=O) groups is 1. The first kappa shape index (κ1) is 9.44. The zero-order valence-corrected chi connectivity index (χ0v) is 8.45. The largest absolute Gasteiger partial charge is 0.361 e. The average molecular weight is 193 g/mol. The Morgan fingerprint density at radius 3 is 3.14 bits per heavy atom. The highest BCUT2D eigenvalue weighted by molar-refractivity contribution is 5.79. The molecule has 3 nitrogen and oxygen atoms in total. The smallest absolute Gasteiger partial charge is 0.137 e. The molecule has 0 radical (unpaired) electrons. The predicted molar refractivity (Wildman–Crippen MR) is 51.9 cm³/mol. The summed E-state index contributed by atoms with van der Waals surface area (Å²) in [6.45, 7) is 1.92. The van der Waals surface area contributed by atoms with Crippen LogP contribution in [0.1, 0.15) is 37.1 Å². The zero-order valence-electron chi connectivity index (χ0n) is 8.45. The van der Waals surface area contributed by atoms with Crippen molar-refractivity contribution >= 4 is 5.78 Å². The Morgan fingerprint density at radius 1 is 1.64 bits per heavy atom. The molecule has 76 valence electrons. The highest BCUT2D eigenvalue weighted by Gasteiger charge is 2.20. The molecule has 1 unspecified atom stereocenters. The number of carbonyl (C=O) groups excluding carboxylic acids is 1. The van der Waals surface area contributed by atoms with E-state index in [1.54, 1.807) is 0 Å². The molecular weight excluding hydrogens is 178 g/mol. The summed E-state index contributed by atoms with van der Waals surface area (Å²) in [7, 11) is 0. The molecule has 2 rings (SSSR count). The van der Waals surface area contributed by atoms with Crippen LogP contribution in [0.3, 0.4) is 0 Å². The fourth-order valence-electron chi connectivity index (χ4n) is 2.09. The van der Waals surface area contributed by atoms with E-state index >= 15 is 0 Å². The third-order valence-electron chi connectivity index (χ3n) is 2.75. The molecule has 0 aromatic carbocycles. The Kier molecular flexibility index (Phi) is 2.66. The van der Waals surface area contributed by atoms with Crippen molar-refractivity contribution in [1.29, 1.82) is 0 Å². The van der Waals surface area contributed by atoms with Gasteiger partial charge in [0.25, 0.3) is 0 Å². The third-order valence-corrected chi connectivity index (χ3v) is 2.75. The van der Waals surface area contributed by atoms with Gasteiger partial charge in [-0.15, -0.1) is 0 Å². The van der Waals surface area contributed by atoms with Gasteiger partial charge >= 0.3 is 0 Å². The molecule has 14 heavy (non-hydrogen) atoms. The van der Waals surface area contributed by atoms with Crippen molar-refractivity contribution in [1.82, 2.24) is 5.16 Å². The Balaban J connectivity index is 1.93. The lowest BCUT2D eigenvalue weighted by atomic mass is 9.85. The van der Waals surface area contributed by atoms with Gasteiger partial charge in [-0.2, -0.15) is 0 Å². The van der Waals surface area contributed by atoms with E-state index in [-0.39, 0.29) is 0 Å². The maximum Gasteiger partial charge on any atom is 0.137 e. The zero-order chi connectivity index (χ0) is 9.97. The molecule has 3 heteroatoms. The fraction of sp³-hybridized carbons (Fsp3) is 0.636. The number of hydrogen-bond acceptors (Lipinski definition) is 3. The normalized spacial score (nSPS) is 22.6. The molecule has 1 aliphatic carbocycles. The van der Waals surface area contributed by atoms with Gasteiger partial charge in [0.15, 0.2) is 0 Å². The molecule has 0 spiro atoms. The second-order valence-electron chi connectivity index (χ2n) is 4.14. The Bertz CT molecular complexity index is 330. The summed E-state index contributed by atoms with van der Waals surface area (Å²) in [5.41, 5.74) is 0.919. The van der Waals surface area contributed by atoms with Gasteiger partial charge in [0, 0.05) is 25.3 Å². The van der Waals surface area contributed by atoms with E-state index in [1.807, 2.05) is 13.0 Å². The Hall–Kier alpha value is -1.12. The van der Waals surface area contributed by atoms with Crippen LogP contribution in [0.5, 0.6) is 0 Å². The molecule has 0 aliphatic heterocycles. The summed E-state index contributed by atoms with van der Waals surface area (Å²) < 4.78 is 5.14. The average Bonchev–Trinajstić information content (AvgIpc) is 2.51. The first-order valence-corrected chi connectivity index (χ1v) is 5.18. The lowest BCUT2D eigenvalue weighted by molar-refractivity contribution is -0.121. The van der Waals surface area contributed by atoms with E-state index in [0.717, 1.165) is 43.6 Å². The van der Waals surface area contributed by atoms with Crippen molar-refractivity contribution in [3.8, 4) is 0 Å². The number of Topliss-reactive ketones (excluding diaryl/α,β-unsaturated/α-hetero) is 1. The monoisotopic (exact) mass is 193 g/mol. The molecule has 1 heterocycles. The minimum Gasteiger partial charge on any atom is -0.361 e. The van der Waals surface area contributed by atoms with Crippen LogP contribution in [0.15, 0.2) is 10.6 Å². The fourth-order valence-corrected chi connectivity index (χ4v) is 2.09. The predicted octanol–water partition coefficient (Wildman–Crippen LogP) is 2.28. The van der Waals surface area contributed by atoms with E-state index in [1.165, 1.54) is 0 Å². The van der Waals surface area contributed by atoms with Crippen molar-refractivity contribution in [3.05, 3.63) is 17.5 Å². The van der Waals surface area contributed by atoms with E-state index in [4.69, 9.17) is 4.52 Å². The molecule has 1 aromatic rings. The summed E-state index contributed by atoms with van der Waals surface area (Å²) in [6.07, 6.45) is 4.54. The van der Waals surface area contributed by atoms with Crippen LogP contribution < -0.4 is 0 Å². The summed E-state index contributed by atoms with van der Waals surface area (Å²) in [5.74, 6) is 1.79. The van der Waals surface area contributed by atoms with Crippen molar-refractivity contribution < 1.29 is 9.32 Å². The van der Waals surface area contributed by atoms with E-state index in [2.05, 4.69) is 5.16 Å². The quantitative estimate of drug-likeness (QED) is 0.723. The minimum absolute atomic E-state index is 0.400. The van der Waals surface area contributed by atoms with Crippen molar-refractivity contribution in [2.45, 2.75) is 39.0 Å². The highest BCUT2D eigenvalue weighted by Crippen LogP contribution is 2.24. The van der Waals surface area contributed by atoms with Crippen LogP contribution in [0.25, 0.3) is 0 Å². The lowest BCUT2D eigenvalue weighted by Gasteiger charge is -2.18. The van der Waals surface area contributed by atoms with Crippen LogP contribution in [0, 0.1) is 12.8 Å². The second kappa shape index (κ2) is 3.95. The first-order valence-electron chi connectivity index (χ1n) is 5.18. The maximum atomic E-state index is 11.2. The maximum absolute atomic E-state index is 11.2. The molecule has 1 atom stereocenters. The molecule has 1 saturated carbocycles. The van der Waals surface area contributed by atoms with Crippen LogP contribution in [0.4, 0.5) is 0 Å². The van der Waals surface area contributed by atoms with Gasteiger partial charge in [-0.05, 0) is 25.7 Å². The number of ketones is 1. The molecule has 0 saturated heterocycles. The molecule has 0 N–H and O–H groups in total. The van der Waals surface area contributed by atoms with E-state index in [9.17, 15) is 4.79 Å². The molecular formula is C11H15NO2. The molecule has 0 bridgehead atoms. The summed E-state index contributed by atoms with van der Waals surface area (Å²) >= 11 is 0. The summed E-state index contributed by atoms with van der Waals surface area (Å²) in [6, 6.07) is 1.96. The van der Waals surface area contributed by atoms with Gasteiger partial charge < -0.3 is 4.52 Å². The molecule has 1 aromatic heterocycles. The van der Waals surface area contributed by atoms with Crippen molar-refractivity contribution in [2.24, 2.45) is 5.92 Å². The highest BCUT2D eigenvalue weighted by atomic mass is 16.5.